The van der Waals surface area contributed by atoms with E-state index in [1.807, 2.05) is 25.1 Å². The third-order valence-corrected chi connectivity index (χ3v) is 4.61. The van der Waals surface area contributed by atoms with Gasteiger partial charge in [-0.15, -0.1) is 0 Å². The molecule has 1 aliphatic heterocycles. The molecule has 1 aromatic heterocycles. The number of anilines is 3. The Bertz CT molecular complexity index is 786. The fourth-order valence-electron chi connectivity index (χ4n) is 3.16. The number of nitrogens with one attached hydrogen (secondary N) is 2. The summed E-state index contributed by atoms with van der Waals surface area (Å²) >= 11 is 0. The van der Waals surface area contributed by atoms with Gasteiger partial charge in [0.15, 0.2) is 11.5 Å². The first-order valence-electron chi connectivity index (χ1n) is 9.59. The zero-order chi connectivity index (χ0) is 20.6. The zero-order valence-electron chi connectivity index (χ0n) is 17.4. The van der Waals surface area contributed by atoms with Crippen LogP contribution in [0.1, 0.15) is 5.69 Å². The van der Waals surface area contributed by atoms with Gasteiger partial charge in [0.1, 0.15) is 5.82 Å². The summed E-state index contributed by atoms with van der Waals surface area (Å²) in [5, 5.41) is 6.60. The lowest BCUT2D eigenvalue weighted by molar-refractivity contribution is 0.0398. The molecule has 1 saturated heterocycles. The molecule has 0 aliphatic carbocycles. The molecule has 0 amide bonds. The maximum absolute atomic E-state index is 5.40. The van der Waals surface area contributed by atoms with Crippen molar-refractivity contribution in [3.05, 3.63) is 23.9 Å². The summed E-state index contributed by atoms with van der Waals surface area (Å²) in [5.74, 6) is 2.93. The van der Waals surface area contributed by atoms with Gasteiger partial charge in [-0.05, 0) is 6.92 Å². The van der Waals surface area contributed by atoms with E-state index in [1.165, 1.54) is 0 Å². The topological polar surface area (TPSA) is 90.0 Å². The molecule has 1 aromatic carbocycles. The number of aryl methyl sites for hydroxylation is 1. The third kappa shape index (κ3) is 5.61. The van der Waals surface area contributed by atoms with Crippen molar-refractivity contribution in [1.29, 1.82) is 0 Å². The maximum Gasteiger partial charge on any atom is 0.229 e. The lowest BCUT2D eigenvalue weighted by Crippen LogP contribution is -2.39. The minimum atomic E-state index is 0.494. The second-order valence-electron chi connectivity index (χ2n) is 6.64. The molecule has 0 saturated carbocycles. The highest BCUT2D eigenvalue weighted by atomic mass is 16.5. The van der Waals surface area contributed by atoms with Gasteiger partial charge in [0.2, 0.25) is 11.7 Å². The second-order valence-corrected chi connectivity index (χ2v) is 6.64. The van der Waals surface area contributed by atoms with E-state index in [4.69, 9.17) is 18.9 Å². The quantitative estimate of drug-likeness (QED) is 0.654. The highest BCUT2D eigenvalue weighted by Crippen LogP contribution is 2.40. The average Bonchev–Trinajstić information content (AvgIpc) is 2.73. The molecule has 0 radical (unpaired) electrons. The van der Waals surface area contributed by atoms with Crippen molar-refractivity contribution in [1.82, 2.24) is 14.9 Å². The first-order valence-corrected chi connectivity index (χ1v) is 9.59. The molecule has 29 heavy (non-hydrogen) atoms. The molecule has 158 valence electrons. The first kappa shape index (κ1) is 20.9. The Morgan fingerprint density at radius 3 is 2.31 bits per heavy atom. The van der Waals surface area contributed by atoms with E-state index >= 15 is 0 Å². The van der Waals surface area contributed by atoms with Crippen LogP contribution in [0.4, 0.5) is 17.5 Å². The SMILES string of the molecule is COc1cc(Nc2nc(C)cc(NCCN3CCOCC3)n2)cc(OC)c1OC. The van der Waals surface area contributed by atoms with Gasteiger partial charge in [-0.2, -0.15) is 4.98 Å². The fourth-order valence-corrected chi connectivity index (χ4v) is 3.16. The summed E-state index contributed by atoms with van der Waals surface area (Å²) in [7, 11) is 4.74. The summed E-state index contributed by atoms with van der Waals surface area (Å²) in [6.07, 6.45) is 0. The highest BCUT2D eigenvalue weighted by molar-refractivity contribution is 5.66. The number of nitrogens with zero attached hydrogens (tertiary/aromatic N) is 3. The van der Waals surface area contributed by atoms with E-state index in [0.29, 0.717) is 23.2 Å². The summed E-state index contributed by atoms with van der Waals surface area (Å²) in [6.45, 7) is 7.24. The predicted octanol–water partition coefficient (Wildman–Crippen LogP) is 2.30. The van der Waals surface area contributed by atoms with E-state index in [9.17, 15) is 0 Å². The zero-order valence-corrected chi connectivity index (χ0v) is 17.4. The molecule has 9 nitrogen and oxygen atoms in total. The third-order valence-electron chi connectivity index (χ3n) is 4.61. The van der Waals surface area contributed by atoms with E-state index in [0.717, 1.165) is 56.6 Å². The Morgan fingerprint density at radius 1 is 1.00 bits per heavy atom. The minimum Gasteiger partial charge on any atom is -0.493 e. The molecule has 9 heteroatoms. The van der Waals surface area contributed by atoms with Gasteiger partial charge < -0.3 is 29.6 Å². The Balaban J connectivity index is 1.69. The van der Waals surface area contributed by atoms with Crippen molar-refractivity contribution in [2.45, 2.75) is 6.92 Å². The van der Waals surface area contributed by atoms with Crippen molar-refractivity contribution in [2.24, 2.45) is 0 Å². The molecule has 0 unspecified atom stereocenters. The van der Waals surface area contributed by atoms with Crippen LogP contribution < -0.4 is 24.8 Å². The summed E-state index contributed by atoms with van der Waals surface area (Å²) in [4.78, 5) is 11.4. The standard InChI is InChI=1S/C20H29N5O4/c1-14-11-18(21-5-6-25-7-9-29-10-8-25)24-20(22-14)23-15-12-16(26-2)19(28-4)17(13-15)27-3/h11-13H,5-10H2,1-4H3,(H2,21,22,23,24). The van der Waals surface area contributed by atoms with Crippen LogP contribution in [-0.4, -0.2) is 75.6 Å². The molecule has 1 fully saturated rings. The molecular formula is C20H29N5O4. The summed E-state index contributed by atoms with van der Waals surface area (Å²) < 4.78 is 21.6. The number of hydrogen-bond donors (Lipinski definition) is 2. The largest absolute Gasteiger partial charge is 0.493 e. The van der Waals surface area contributed by atoms with Crippen LogP contribution in [0, 0.1) is 6.92 Å². The van der Waals surface area contributed by atoms with Gasteiger partial charge in [0.05, 0.1) is 34.5 Å². The molecular weight excluding hydrogens is 374 g/mol. The highest BCUT2D eigenvalue weighted by Gasteiger charge is 2.14. The number of aromatic nitrogens is 2. The summed E-state index contributed by atoms with van der Waals surface area (Å²) in [6, 6.07) is 5.57. The van der Waals surface area contributed by atoms with Gasteiger partial charge in [-0.1, -0.05) is 0 Å². The Kier molecular flexibility index (Phi) is 7.31. The lowest BCUT2D eigenvalue weighted by atomic mass is 10.2. The molecule has 3 rings (SSSR count). The lowest BCUT2D eigenvalue weighted by Gasteiger charge is -2.26. The molecule has 0 atom stereocenters. The second kappa shape index (κ2) is 10.1. The van der Waals surface area contributed by atoms with Crippen LogP contribution in [-0.2, 0) is 4.74 Å². The van der Waals surface area contributed by atoms with Gasteiger partial charge in [-0.25, -0.2) is 4.98 Å². The normalized spacial score (nSPS) is 14.3. The van der Waals surface area contributed by atoms with Gasteiger partial charge in [-0.3, -0.25) is 4.90 Å². The van der Waals surface area contributed by atoms with Crippen molar-refractivity contribution >= 4 is 17.5 Å². The smallest absolute Gasteiger partial charge is 0.229 e. The Morgan fingerprint density at radius 2 is 1.69 bits per heavy atom. The van der Waals surface area contributed by atoms with Crippen LogP contribution in [0.15, 0.2) is 18.2 Å². The number of ether oxygens (including phenoxy) is 4. The first-order chi connectivity index (χ1) is 14.1. The number of benzene rings is 1. The van der Waals surface area contributed by atoms with E-state index in [-0.39, 0.29) is 0 Å². The fraction of sp³-hybridized carbons (Fsp3) is 0.500. The Hall–Kier alpha value is -2.78. The monoisotopic (exact) mass is 403 g/mol. The van der Waals surface area contributed by atoms with Gasteiger partial charge >= 0.3 is 0 Å². The Labute approximate surface area is 171 Å². The van der Waals surface area contributed by atoms with Crippen molar-refractivity contribution in [2.75, 3.05) is 71.4 Å². The number of methoxy groups -OCH3 is 3. The molecule has 2 heterocycles. The molecule has 0 spiro atoms. The van der Waals surface area contributed by atoms with Crippen molar-refractivity contribution in [3.63, 3.8) is 0 Å². The molecule has 2 N–H and O–H groups in total. The molecule has 2 aromatic rings. The van der Waals surface area contributed by atoms with Crippen LogP contribution >= 0.6 is 0 Å². The number of hydrogen-bond acceptors (Lipinski definition) is 9. The van der Waals surface area contributed by atoms with Crippen LogP contribution in [0.2, 0.25) is 0 Å². The van der Waals surface area contributed by atoms with Crippen LogP contribution in [0.5, 0.6) is 17.2 Å². The maximum atomic E-state index is 5.40. The number of rotatable bonds is 9. The average molecular weight is 403 g/mol. The van der Waals surface area contributed by atoms with Gasteiger partial charge in [0, 0.05) is 55.8 Å². The van der Waals surface area contributed by atoms with Crippen molar-refractivity contribution in [3.8, 4) is 17.2 Å². The summed E-state index contributed by atoms with van der Waals surface area (Å²) in [5.41, 5.74) is 1.60. The number of morpholine rings is 1. The van der Waals surface area contributed by atoms with Gasteiger partial charge in [0.25, 0.3) is 0 Å². The molecule has 0 bridgehead atoms. The van der Waals surface area contributed by atoms with Crippen LogP contribution in [0.3, 0.4) is 0 Å². The van der Waals surface area contributed by atoms with E-state index in [1.54, 1.807) is 21.3 Å². The van der Waals surface area contributed by atoms with E-state index < -0.39 is 0 Å². The van der Waals surface area contributed by atoms with Crippen molar-refractivity contribution < 1.29 is 18.9 Å². The molecule has 1 aliphatic rings. The van der Waals surface area contributed by atoms with E-state index in [2.05, 4.69) is 25.5 Å². The minimum absolute atomic E-state index is 0.494. The predicted molar refractivity (Wildman–Crippen MR) is 112 cm³/mol. The van der Waals surface area contributed by atoms with Crippen LogP contribution in [0.25, 0.3) is 0 Å².